The van der Waals surface area contributed by atoms with Gasteiger partial charge in [0.25, 0.3) is 0 Å². The highest BCUT2D eigenvalue weighted by Crippen LogP contribution is 2.42. The number of anilines is 1. The fraction of sp³-hybridized carbons (Fsp3) is 0.278. The molecule has 0 bridgehead atoms. The number of fused-ring (bicyclic) bond motifs is 1. The Morgan fingerprint density at radius 2 is 1.75 bits per heavy atom. The maximum atomic E-state index is 11.8. The predicted octanol–water partition coefficient (Wildman–Crippen LogP) is 4.00. The molecule has 2 aromatic carbocycles. The lowest BCUT2D eigenvalue weighted by molar-refractivity contribution is -0.116. The van der Waals surface area contributed by atoms with Crippen LogP contribution in [0.15, 0.2) is 48.5 Å². The van der Waals surface area contributed by atoms with E-state index in [1.165, 1.54) is 16.7 Å². The minimum absolute atomic E-state index is 0.00575. The molecule has 0 spiro atoms. The first-order valence-corrected chi connectivity index (χ1v) is 6.97. The van der Waals surface area contributed by atoms with E-state index >= 15 is 0 Å². The maximum Gasteiger partial charge on any atom is 0.223 e. The van der Waals surface area contributed by atoms with Crippen molar-refractivity contribution in [2.75, 3.05) is 11.4 Å². The molecule has 2 heteroatoms. The predicted molar refractivity (Wildman–Crippen MR) is 82.9 cm³/mol. The third-order valence-corrected chi connectivity index (χ3v) is 4.06. The number of amides is 1. The van der Waals surface area contributed by atoms with E-state index in [4.69, 9.17) is 0 Å². The molecule has 1 amide bonds. The molecule has 0 atom stereocenters. The van der Waals surface area contributed by atoms with Gasteiger partial charge in [0.15, 0.2) is 0 Å². The SMILES string of the molecule is CC(=O)N1CC(C)(C)c2cc(-c3ccccc3)ccc21. The lowest BCUT2D eigenvalue weighted by Gasteiger charge is -2.19. The molecule has 0 N–H and O–H groups in total. The average molecular weight is 265 g/mol. The fourth-order valence-electron chi connectivity index (χ4n) is 2.97. The summed E-state index contributed by atoms with van der Waals surface area (Å²) >= 11 is 0. The van der Waals surface area contributed by atoms with Crippen molar-refractivity contribution in [2.45, 2.75) is 26.2 Å². The normalized spacial score (nSPS) is 16.1. The van der Waals surface area contributed by atoms with E-state index in [2.05, 4.69) is 56.3 Å². The van der Waals surface area contributed by atoms with Gasteiger partial charge in [0, 0.05) is 24.6 Å². The van der Waals surface area contributed by atoms with Crippen molar-refractivity contribution in [1.82, 2.24) is 0 Å². The number of hydrogen-bond acceptors (Lipinski definition) is 1. The summed E-state index contributed by atoms with van der Waals surface area (Å²) in [7, 11) is 0. The highest BCUT2D eigenvalue weighted by atomic mass is 16.2. The van der Waals surface area contributed by atoms with Crippen molar-refractivity contribution in [3.05, 3.63) is 54.1 Å². The molecule has 0 radical (unpaired) electrons. The summed E-state index contributed by atoms with van der Waals surface area (Å²) in [6.07, 6.45) is 0. The van der Waals surface area contributed by atoms with E-state index in [1.807, 2.05) is 11.0 Å². The van der Waals surface area contributed by atoms with Crippen LogP contribution in [-0.4, -0.2) is 12.5 Å². The first kappa shape index (κ1) is 12.9. The molecule has 0 unspecified atom stereocenters. The second-order valence-electron chi connectivity index (χ2n) is 6.09. The molecule has 1 aliphatic heterocycles. The van der Waals surface area contributed by atoms with E-state index in [9.17, 15) is 4.79 Å². The molecule has 0 aliphatic carbocycles. The topological polar surface area (TPSA) is 20.3 Å². The second kappa shape index (κ2) is 4.48. The minimum Gasteiger partial charge on any atom is -0.311 e. The van der Waals surface area contributed by atoms with Crippen molar-refractivity contribution in [3.63, 3.8) is 0 Å². The first-order valence-electron chi connectivity index (χ1n) is 6.97. The standard InChI is InChI=1S/C18H19NO/c1-13(20)19-12-18(2,3)16-11-15(9-10-17(16)19)14-7-5-4-6-8-14/h4-11H,12H2,1-3H3. The molecular formula is C18H19NO. The Hall–Kier alpha value is -2.09. The molecule has 0 fully saturated rings. The van der Waals surface area contributed by atoms with Gasteiger partial charge in [-0.3, -0.25) is 4.79 Å². The van der Waals surface area contributed by atoms with Crippen LogP contribution in [0.2, 0.25) is 0 Å². The Balaban J connectivity index is 2.12. The summed E-state index contributed by atoms with van der Waals surface area (Å²) in [5.74, 6) is 0.115. The van der Waals surface area contributed by atoms with Gasteiger partial charge in [-0.05, 0) is 28.8 Å². The van der Waals surface area contributed by atoms with Crippen molar-refractivity contribution in [1.29, 1.82) is 0 Å². The number of benzene rings is 2. The Bertz CT molecular complexity index is 658. The van der Waals surface area contributed by atoms with Crippen LogP contribution in [0.3, 0.4) is 0 Å². The van der Waals surface area contributed by atoms with Crippen LogP contribution >= 0.6 is 0 Å². The average Bonchev–Trinajstić information content (AvgIpc) is 2.72. The molecule has 1 heterocycles. The van der Waals surface area contributed by atoms with Crippen LogP contribution in [0, 0.1) is 0 Å². The lowest BCUT2D eigenvalue weighted by atomic mass is 9.85. The third kappa shape index (κ3) is 2.01. The molecule has 0 saturated carbocycles. The zero-order valence-corrected chi connectivity index (χ0v) is 12.2. The number of nitrogens with zero attached hydrogens (tertiary/aromatic N) is 1. The molecule has 2 aromatic rings. The van der Waals surface area contributed by atoms with Gasteiger partial charge in [-0.15, -0.1) is 0 Å². The summed E-state index contributed by atoms with van der Waals surface area (Å²) in [5.41, 5.74) is 4.75. The summed E-state index contributed by atoms with van der Waals surface area (Å²) in [5, 5.41) is 0. The molecule has 20 heavy (non-hydrogen) atoms. The number of carbonyl (C=O) groups is 1. The second-order valence-corrected chi connectivity index (χ2v) is 6.09. The van der Waals surface area contributed by atoms with E-state index in [-0.39, 0.29) is 11.3 Å². The molecule has 0 saturated heterocycles. The number of carbonyl (C=O) groups excluding carboxylic acids is 1. The van der Waals surface area contributed by atoms with Crippen LogP contribution < -0.4 is 4.90 Å². The summed E-state index contributed by atoms with van der Waals surface area (Å²) in [4.78, 5) is 13.7. The molecular weight excluding hydrogens is 246 g/mol. The van der Waals surface area contributed by atoms with Gasteiger partial charge in [0.1, 0.15) is 0 Å². The molecule has 2 nitrogen and oxygen atoms in total. The van der Waals surface area contributed by atoms with Crippen molar-refractivity contribution < 1.29 is 4.79 Å². The van der Waals surface area contributed by atoms with E-state index in [0.717, 1.165) is 12.2 Å². The van der Waals surface area contributed by atoms with Crippen LogP contribution in [0.4, 0.5) is 5.69 Å². The highest BCUT2D eigenvalue weighted by molar-refractivity contribution is 5.95. The van der Waals surface area contributed by atoms with Gasteiger partial charge in [-0.2, -0.15) is 0 Å². The first-order chi connectivity index (χ1) is 9.49. The quantitative estimate of drug-likeness (QED) is 0.763. The van der Waals surface area contributed by atoms with Gasteiger partial charge in [0.2, 0.25) is 5.91 Å². The largest absolute Gasteiger partial charge is 0.311 e. The van der Waals surface area contributed by atoms with Gasteiger partial charge < -0.3 is 4.90 Å². The fourth-order valence-corrected chi connectivity index (χ4v) is 2.97. The van der Waals surface area contributed by atoms with Crippen LogP contribution in [-0.2, 0) is 10.2 Å². The molecule has 0 aromatic heterocycles. The van der Waals surface area contributed by atoms with Crippen molar-refractivity contribution in [3.8, 4) is 11.1 Å². The van der Waals surface area contributed by atoms with Gasteiger partial charge in [-0.25, -0.2) is 0 Å². The monoisotopic (exact) mass is 265 g/mol. The summed E-state index contributed by atoms with van der Waals surface area (Å²) in [6.45, 7) is 6.79. The third-order valence-electron chi connectivity index (χ3n) is 4.06. The van der Waals surface area contributed by atoms with Crippen molar-refractivity contribution >= 4 is 11.6 Å². The zero-order valence-electron chi connectivity index (χ0n) is 12.2. The maximum absolute atomic E-state index is 11.8. The van der Waals surface area contributed by atoms with Gasteiger partial charge in [-0.1, -0.05) is 50.2 Å². The smallest absolute Gasteiger partial charge is 0.223 e. The van der Waals surface area contributed by atoms with Gasteiger partial charge in [0.05, 0.1) is 0 Å². The molecule has 102 valence electrons. The Morgan fingerprint density at radius 3 is 2.40 bits per heavy atom. The van der Waals surface area contributed by atoms with Gasteiger partial charge >= 0.3 is 0 Å². The van der Waals surface area contributed by atoms with Crippen LogP contribution in [0.5, 0.6) is 0 Å². The van der Waals surface area contributed by atoms with Crippen LogP contribution in [0.25, 0.3) is 11.1 Å². The Morgan fingerprint density at radius 1 is 1.05 bits per heavy atom. The number of hydrogen-bond donors (Lipinski definition) is 0. The van der Waals surface area contributed by atoms with Crippen LogP contribution in [0.1, 0.15) is 26.3 Å². The van der Waals surface area contributed by atoms with E-state index < -0.39 is 0 Å². The molecule has 3 rings (SSSR count). The van der Waals surface area contributed by atoms with E-state index in [1.54, 1.807) is 6.92 Å². The van der Waals surface area contributed by atoms with Crippen molar-refractivity contribution in [2.24, 2.45) is 0 Å². The summed E-state index contributed by atoms with van der Waals surface area (Å²) < 4.78 is 0. The molecule has 1 aliphatic rings. The highest BCUT2D eigenvalue weighted by Gasteiger charge is 2.36. The lowest BCUT2D eigenvalue weighted by Crippen LogP contribution is -2.31. The Labute approximate surface area is 120 Å². The van der Waals surface area contributed by atoms with E-state index in [0.29, 0.717) is 0 Å². The summed E-state index contributed by atoms with van der Waals surface area (Å²) in [6, 6.07) is 16.8. The Kier molecular flexibility index (Phi) is 2.89. The zero-order chi connectivity index (χ0) is 14.3. The number of rotatable bonds is 1. The minimum atomic E-state index is 0.00575.